The summed E-state index contributed by atoms with van der Waals surface area (Å²) in [7, 11) is 0. The van der Waals surface area contributed by atoms with Gasteiger partial charge in [-0.3, -0.25) is 0 Å². The van der Waals surface area contributed by atoms with Crippen molar-refractivity contribution >= 4 is 0 Å². The Labute approximate surface area is 89.0 Å². The predicted molar refractivity (Wildman–Crippen MR) is 57.8 cm³/mol. The molecule has 0 bridgehead atoms. The van der Waals surface area contributed by atoms with E-state index in [1.54, 1.807) is 10.9 Å². The molecule has 4 nitrogen and oxygen atoms in total. The second kappa shape index (κ2) is 4.68. The maximum Gasteiger partial charge on any atom is 0.250 e. The van der Waals surface area contributed by atoms with Crippen LogP contribution in [-0.4, -0.2) is 19.7 Å². The maximum atomic E-state index is 4.26. The quantitative estimate of drug-likeness (QED) is 0.761. The lowest BCUT2D eigenvalue weighted by molar-refractivity contribution is 0.769. The SMILES string of the molecule is CCCCc1cnc(-n2cccn2)nc1. The number of aromatic nitrogens is 4. The van der Waals surface area contributed by atoms with Crippen LogP contribution in [0.2, 0.25) is 0 Å². The first kappa shape index (κ1) is 9.83. The Morgan fingerprint density at radius 3 is 2.67 bits per heavy atom. The molecule has 4 heteroatoms. The van der Waals surface area contributed by atoms with Gasteiger partial charge in [-0.15, -0.1) is 0 Å². The molecule has 78 valence electrons. The third-order valence-corrected chi connectivity index (χ3v) is 2.22. The van der Waals surface area contributed by atoms with Gasteiger partial charge in [0.2, 0.25) is 5.95 Å². The van der Waals surface area contributed by atoms with E-state index in [1.807, 2.05) is 24.7 Å². The molecule has 0 amide bonds. The summed E-state index contributed by atoms with van der Waals surface area (Å²) in [6.45, 7) is 2.18. The Morgan fingerprint density at radius 1 is 1.27 bits per heavy atom. The van der Waals surface area contributed by atoms with Crippen LogP contribution in [-0.2, 0) is 6.42 Å². The minimum absolute atomic E-state index is 0.625. The standard InChI is InChI=1S/C11H14N4/c1-2-3-5-10-8-12-11(13-9-10)15-7-4-6-14-15/h4,6-9H,2-3,5H2,1H3. The first-order valence-electron chi connectivity index (χ1n) is 5.21. The second-order valence-electron chi connectivity index (χ2n) is 3.45. The number of aryl methyl sites for hydroxylation is 1. The van der Waals surface area contributed by atoms with E-state index in [9.17, 15) is 0 Å². The molecule has 0 atom stereocenters. The van der Waals surface area contributed by atoms with Gasteiger partial charge in [0, 0.05) is 24.8 Å². The van der Waals surface area contributed by atoms with Gasteiger partial charge in [0.25, 0.3) is 0 Å². The topological polar surface area (TPSA) is 43.6 Å². The van der Waals surface area contributed by atoms with Gasteiger partial charge >= 0.3 is 0 Å². The van der Waals surface area contributed by atoms with Gasteiger partial charge in [0.05, 0.1) is 0 Å². The van der Waals surface area contributed by atoms with Gasteiger partial charge in [-0.2, -0.15) is 5.10 Å². The van der Waals surface area contributed by atoms with Crippen molar-refractivity contribution < 1.29 is 0 Å². The normalized spacial score (nSPS) is 10.5. The smallest absolute Gasteiger partial charge is 0.219 e. The van der Waals surface area contributed by atoms with E-state index in [1.165, 1.54) is 18.4 Å². The molecule has 0 aliphatic carbocycles. The monoisotopic (exact) mass is 202 g/mol. The third-order valence-electron chi connectivity index (χ3n) is 2.22. The first-order chi connectivity index (χ1) is 7.40. The molecule has 0 aliphatic rings. The fourth-order valence-corrected chi connectivity index (χ4v) is 1.36. The van der Waals surface area contributed by atoms with Gasteiger partial charge < -0.3 is 0 Å². The Balaban J connectivity index is 2.11. The van der Waals surface area contributed by atoms with Crippen LogP contribution >= 0.6 is 0 Å². The van der Waals surface area contributed by atoms with Crippen LogP contribution in [0.4, 0.5) is 0 Å². The van der Waals surface area contributed by atoms with Crippen LogP contribution in [0.25, 0.3) is 5.95 Å². The fourth-order valence-electron chi connectivity index (χ4n) is 1.36. The summed E-state index contributed by atoms with van der Waals surface area (Å²) in [5, 5.41) is 4.07. The van der Waals surface area contributed by atoms with E-state index in [-0.39, 0.29) is 0 Å². The van der Waals surface area contributed by atoms with E-state index < -0.39 is 0 Å². The van der Waals surface area contributed by atoms with Crippen molar-refractivity contribution in [3.05, 3.63) is 36.4 Å². The summed E-state index contributed by atoms with van der Waals surface area (Å²) in [5.74, 6) is 0.625. The van der Waals surface area contributed by atoms with Crippen molar-refractivity contribution in [1.29, 1.82) is 0 Å². The predicted octanol–water partition coefficient (Wildman–Crippen LogP) is 2.00. The summed E-state index contributed by atoms with van der Waals surface area (Å²) in [5.41, 5.74) is 1.19. The van der Waals surface area contributed by atoms with E-state index >= 15 is 0 Å². The van der Waals surface area contributed by atoms with Gasteiger partial charge in [-0.1, -0.05) is 13.3 Å². The zero-order valence-corrected chi connectivity index (χ0v) is 8.80. The molecular formula is C11H14N4. The van der Waals surface area contributed by atoms with Gasteiger partial charge in [0.1, 0.15) is 0 Å². The van der Waals surface area contributed by atoms with E-state index in [4.69, 9.17) is 0 Å². The molecule has 0 saturated heterocycles. The van der Waals surface area contributed by atoms with E-state index in [0.29, 0.717) is 5.95 Å². The molecule has 2 aromatic rings. The van der Waals surface area contributed by atoms with Crippen molar-refractivity contribution in [3.63, 3.8) is 0 Å². The molecule has 0 aliphatic heterocycles. The molecule has 0 unspecified atom stereocenters. The minimum Gasteiger partial charge on any atom is -0.219 e. The molecule has 15 heavy (non-hydrogen) atoms. The highest BCUT2D eigenvalue weighted by Crippen LogP contribution is 2.04. The summed E-state index contributed by atoms with van der Waals surface area (Å²) in [6.07, 6.45) is 10.7. The van der Waals surface area contributed by atoms with Crippen molar-refractivity contribution in [2.45, 2.75) is 26.2 Å². The van der Waals surface area contributed by atoms with Gasteiger partial charge in [-0.25, -0.2) is 14.6 Å². The second-order valence-corrected chi connectivity index (χ2v) is 3.45. The maximum absolute atomic E-state index is 4.26. The van der Waals surface area contributed by atoms with Crippen LogP contribution in [0, 0.1) is 0 Å². The summed E-state index contributed by atoms with van der Waals surface area (Å²) < 4.78 is 1.66. The van der Waals surface area contributed by atoms with Crippen molar-refractivity contribution in [3.8, 4) is 5.95 Å². The Morgan fingerprint density at radius 2 is 2.07 bits per heavy atom. The lowest BCUT2D eigenvalue weighted by atomic mass is 10.2. The molecular weight excluding hydrogens is 188 g/mol. The number of hydrogen-bond donors (Lipinski definition) is 0. The highest BCUT2D eigenvalue weighted by molar-refractivity contribution is 5.13. The molecule has 2 rings (SSSR count). The number of unbranched alkanes of at least 4 members (excludes halogenated alkanes) is 1. The lowest BCUT2D eigenvalue weighted by Crippen LogP contribution is -2.01. The zero-order chi connectivity index (χ0) is 10.5. The van der Waals surface area contributed by atoms with Gasteiger partial charge in [0.15, 0.2) is 0 Å². The first-order valence-corrected chi connectivity index (χ1v) is 5.21. The lowest BCUT2D eigenvalue weighted by Gasteiger charge is -2.01. The van der Waals surface area contributed by atoms with E-state index in [0.717, 1.165) is 6.42 Å². The average molecular weight is 202 g/mol. The summed E-state index contributed by atoms with van der Waals surface area (Å²) in [4.78, 5) is 8.53. The number of hydrogen-bond acceptors (Lipinski definition) is 3. The fraction of sp³-hybridized carbons (Fsp3) is 0.364. The Bertz CT molecular complexity index is 391. The summed E-state index contributed by atoms with van der Waals surface area (Å²) in [6, 6.07) is 1.86. The number of rotatable bonds is 4. The molecule has 2 heterocycles. The molecule has 0 N–H and O–H groups in total. The summed E-state index contributed by atoms with van der Waals surface area (Å²) >= 11 is 0. The molecule has 0 fully saturated rings. The number of nitrogens with zero attached hydrogens (tertiary/aromatic N) is 4. The van der Waals surface area contributed by atoms with Crippen molar-refractivity contribution in [2.75, 3.05) is 0 Å². The van der Waals surface area contributed by atoms with Crippen LogP contribution in [0.15, 0.2) is 30.9 Å². The third kappa shape index (κ3) is 2.40. The molecule has 0 saturated carbocycles. The minimum atomic E-state index is 0.625. The highest BCUT2D eigenvalue weighted by atomic mass is 15.3. The highest BCUT2D eigenvalue weighted by Gasteiger charge is 1.99. The largest absolute Gasteiger partial charge is 0.250 e. The van der Waals surface area contributed by atoms with Crippen LogP contribution in [0.5, 0.6) is 0 Å². The molecule has 0 radical (unpaired) electrons. The zero-order valence-electron chi connectivity index (χ0n) is 8.80. The van der Waals surface area contributed by atoms with Crippen LogP contribution in [0.3, 0.4) is 0 Å². The Hall–Kier alpha value is -1.71. The van der Waals surface area contributed by atoms with E-state index in [2.05, 4.69) is 22.0 Å². The van der Waals surface area contributed by atoms with Crippen molar-refractivity contribution in [2.24, 2.45) is 0 Å². The van der Waals surface area contributed by atoms with Crippen LogP contribution < -0.4 is 0 Å². The van der Waals surface area contributed by atoms with Crippen molar-refractivity contribution in [1.82, 2.24) is 19.7 Å². The molecule has 2 aromatic heterocycles. The Kier molecular flexibility index (Phi) is 3.07. The molecule has 0 spiro atoms. The molecule has 0 aromatic carbocycles. The van der Waals surface area contributed by atoms with Gasteiger partial charge in [-0.05, 0) is 24.5 Å². The van der Waals surface area contributed by atoms with Crippen LogP contribution in [0.1, 0.15) is 25.3 Å². The average Bonchev–Trinajstić information content (AvgIpc) is 2.80.